The zero-order valence-electron chi connectivity index (χ0n) is 12.6. The van der Waals surface area contributed by atoms with Crippen molar-refractivity contribution in [3.8, 4) is 5.75 Å². The fraction of sp³-hybridized carbons (Fsp3) is 0.294. The third-order valence-corrected chi connectivity index (χ3v) is 3.29. The van der Waals surface area contributed by atoms with Crippen LogP contribution in [0.3, 0.4) is 0 Å². The van der Waals surface area contributed by atoms with Gasteiger partial charge in [-0.25, -0.2) is 0 Å². The Labute approximate surface area is 144 Å². The van der Waals surface area contributed by atoms with Crippen molar-refractivity contribution in [2.45, 2.75) is 18.7 Å². The largest absolute Gasteiger partial charge is 0.486 e. The number of ether oxygens (including phenoxy) is 1. The van der Waals surface area contributed by atoms with E-state index in [0.717, 1.165) is 30.7 Å². The molecule has 0 aliphatic carbocycles. The van der Waals surface area contributed by atoms with Crippen LogP contribution in [0.1, 0.15) is 23.7 Å². The van der Waals surface area contributed by atoms with Crippen LogP contribution in [0.4, 0.5) is 13.2 Å². The lowest BCUT2D eigenvalue weighted by atomic mass is 10.1. The molecule has 0 saturated heterocycles. The highest BCUT2D eigenvalue weighted by atomic mass is 79.9. The van der Waals surface area contributed by atoms with Gasteiger partial charge in [-0.15, -0.1) is 17.0 Å². The van der Waals surface area contributed by atoms with Gasteiger partial charge in [-0.2, -0.15) is 13.2 Å². The molecule has 0 saturated carbocycles. The van der Waals surface area contributed by atoms with Crippen LogP contribution in [-0.2, 0) is 6.18 Å². The Hall–Kier alpha value is -1.53. The summed E-state index contributed by atoms with van der Waals surface area (Å²) in [5.74, 6) is 0.429. The van der Waals surface area contributed by atoms with Crippen molar-refractivity contribution in [2.24, 2.45) is 0 Å². The third kappa shape index (κ3) is 5.88. The molecule has 2 aromatic rings. The fourth-order valence-corrected chi connectivity index (χ4v) is 2.12. The fourth-order valence-electron chi connectivity index (χ4n) is 2.12. The molecular formula is C17H19BrF3NO. The minimum absolute atomic E-state index is 0. The first kappa shape index (κ1) is 19.5. The summed E-state index contributed by atoms with van der Waals surface area (Å²) in [5.41, 5.74) is 0.323. The summed E-state index contributed by atoms with van der Waals surface area (Å²) < 4.78 is 43.6. The number of benzene rings is 2. The highest BCUT2D eigenvalue weighted by Crippen LogP contribution is 2.31. The Balaban J connectivity index is 0.00000264. The molecule has 1 unspecified atom stereocenters. The Morgan fingerprint density at radius 1 is 1.00 bits per heavy atom. The van der Waals surface area contributed by atoms with Crippen LogP contribution in [-0.4, -0.2) is 13.6 Å². The van der Waals surface area contributed by atoms with E-state index < -0.39 is 11.7 Å². The Morgan fingerprint density at radius 3 is 2.13 bits per heavy atom. The van der Waals surface area contributed by atoms with Gasteiger partial charge in [0.05, 0.1) is 5.56 Å². The maximum atomic E-state index is 12.6. The second-order valence-corrected chi connectivity index (χ2v) is 4.93. The summed E-state index contributed by atoms with van der Waals surface area (Å²) in [4.78, 5) is 0. The molecule has 0 aliphatic rings. The normalized spacial score (nSPS) is 12.3. The maximum absolute atomic E-state index is 12.6. The van der Waals surface area contributed by atoms with Gasteiger partial charge in [0.15, 0.2) is 0 Å². The SMILES string of the molecule is Br.CNCCC(Oc1ccc(C(F)(F)F)cc1)c1ccccc1. The van der Waals surface area contributed by atoms with E-state index in [1.165, 1.54) is 12.1 Å². The summed E-state index contributed by atoms with van der Waals surface area (Å²) in [7, 11) is 1.85. The number of nitrogens with one attached hydrogen (secondary N) is 1. The lowest BCUT2D eigenvalue weighted by molar-refractivity contribution is -0.137. The van der Waals surface area contributed by atoms with Crippen LogP contribution in [0.15, 0.2) is 54.6 Å². The molecule has 1 atom stereocenters. The highest BCUT2D eigenvalue weighted by molar-refractivity contribution is 8.93. The topological polar surface area (TPSA) is 21.3 Å². The van der Waals surface area contributed by atoms with E-state index >= 15 is 0 Å². The summed E-state index contributed by atoms with van der Waals surface area (Å²) in [6.45, 7) is 0.750. The summed E-state index contributed by atoms with van der Waals surface area (Å²) in [5, 5.41) is 3.05. The number of rotatable bonds is 6. The van der Waals surface area contributed by atoms with Gasteiger partial charge < -0.3 is 10.1 Å². The molecule has 6 heteroatoms. The molecule has 126 valence electrons. The molecule has 0 bridgehead atoms. The van der Waals surface area contributed by atoms with E-state index in [2.05, 4.69) is 5.32 Å². The predicted octanol–water partition coefficient (Wildman–Crippen LogP) is 5.01. The predicted molar refractivity (Wildman–Crippen MR) is 90.1 cm³/mol. The number of hydrogen-bond donors (Lipinski definition) is 1. The van der Waals surface area contributed by atoms with Crippen LogP contribution in [0.2, 0.25) is 0 Å². The van der Waals surface area contributed by atoms with Crippen LogP contribution >= 0.6 is 17.0 Å². The average Bonchev–Trinajstić information content (AvgIpc) is 2.52. The molecule has 0 heterocycles. The maximum Gasteiger partial charge on any atom is 0.416 e. The van der Waals surface area contributed by atoms with Gasteiger partial charge in [0.2, 0.25) is 0 Å². The van der Waals surface area contributed by atoms with Gasteiger partial charge in [-0.05, 0) is 43.4 Å². The van der Waals surface area contributed by atoms with Crippen LogP contribution < -0.4 is 10.1 Å². The molecule has 0 radical (unpaired) electrons. The first-order chi connectivity index (χ1) is 10.5. The van der Waals surface area contributed by atoms with Gasteiger partial charge in [0.1, 0.15) is 11.9 Å². The minimum atomic E-state index is -4.33. The lowest BCUT2D eigenvalue weighted by Crippen LogP contribution is -2.16. The average molecular weight is 390 g/mol. The van der Waals surface area contributed by atoms with E-state index in [9.17, 15) is 13.2 Å². The smallest absolute Gasteiger partial charge is 0.416 e. The molecule has 0 aliphatic heterocycles. The van der Waals surface area contributed by atoms with E-state index in [1.54, 1.807) is 0 Å². The second kappa shape index (κ2) is 8.93. The zero-order chi connectivity index (χ0) is 16.0. The number of hydrogen-bond acceptors (Lipinski definition) is 2. The van der Waals surface area contributed by atoms with Crippen molar-refractivity contribution in [3.05, 3.63) is 65.7 Å². The molecule has 0 spiro atoms. The van der Waals surface area contributed by atoms with Gasteiger partial charge in [-0.3, -0.25) is 0 Å². The van der Waals surface area contributed by atoms with E-state index in [1.807, 2.05) is 37.4 Å². The molecule has 2 nitrogen and oxygen atoms in total. The monoisotopic (exact) mass is 389 g/mol. The molecular weight excluding hydrogens is 371 g/mol. The second-order valence-electron chi connectivity index (χ2n) is 4.93. The Bertz CT molecular complexity index is 573. The molecule has 2 aromatic carbocycles. The van der Waals surface area contributed by atoms with Crippen molar-refractivity contribution in [1.82, 2.24) is 5.32 Å². The molecule has 0 amide bonds. The first-order valence-electron chi connectivity index (χ1n) is 7.04. The minimum Gasteiger partial charge on any atom is -0.486 e. The molecule has 2 rings (SSSR count). The van der Waals surface area contributed by atoms with E-state index in [0.29, 0.717) is 5.75 Å². The van der Waals surface area contributed by atoms with Crippen LogP contribution in [0, 0.1) is 0 Å². The van der Waals surface area contributed by atoms with Crippen molar-refractivity contribution < 1.29 is 17.9 Å². The number of halogens is 4. The Kier molecular flexibility index (Phi) is 7.58. The summed E-state index contributed by atoms with van der Waals surface area (Å²) in [6.07, 6.45) is -3.81. The third-order valence-electron chi connectivity index (χ3n) is 3.29. The zero-order valence-corrected chi connectivity index (χ0v) is 14.4. The summed E-state index contributed by atoms with van der Waals surface area (Å²) >= 11 is 0. The quantitative estimate of drug-likeness (QED) is 0.749. The van der Waals surface area contributed by atoms with Crippen LogP contribution in [0.25, 0.3) is 0 Å². The molecule has 0 aromatic heterocycles. The highest BCUT2D eigenvalue weighted by Gasteiger charge is 2.30. The molecule has 1 N–H and O–H groups in total. The standard InChI is InChI=1S/C17H18F3NO.BrH/c1-21-12-11-16(13-5-3-2-4-6-13)22-15-9-7-14(8-10-15)17(18,19)20;/h2-10,16,21H,11-12H2,1H3;1H. The van der Waals surface area contributed by atoms with Crippen molar-refractivity contribution in [3.63, 3.8) is 0 Å². The van der Waals surface area contributed by atoms with Crippen molar-refractivity contribution in [1.29, 1.82) is 0 Å². The number of alkyl halides is 3. The van der Waals surface area contributed by atoms with E-state index in [-0.39, 0.29) is 23.1 Å². The first-order valence-corrected chi connectivity index (χ1v) is 7.04. The summed E-state index contributed by atoms with van der Waals surface area (Å²) in [6, 6.07) is 14.4. The van der Waals surface area contributed by atoms with Crippen molar-refractivity contribution in [2.75, 3.05) is 13.6 Å². The van der Waals surface area contributed by atoms with Crippen molar-refractivity contribution >= 4 is 17.0 Å². The van der Waals surface area contributed by atoms with Gasteiger partial charge in [0, 0.05) is 6.42 Å². The van der Waals surface area contributed by atoms with Crippen LogP contribution in [0.5, 0.6) is 5.75 Å². The Morgan fingerprint density at radius 2 is 1.61 bits per heavy atom. The van der Waals surface area contributed by atoms with Gasteiger partial charge in [0.25, 0.3) is 0 Å². The van der Waals surface area contributed by atoms with E-state index in [4.69, 9.17) is 4.74 Å². The van der Waals surface area contributed by atoms with Gasteiger partial charge in [-0.1, -0.05) is 30.3 Å². The van der Waals surface area contributed by atoms with Gasteiger partial charge >= 0.3 is 6.18 Å². The lowest BCUT2D eigenvalue weighted by Gasteiger charge is -2.20. The molecule has 0 fully saturated rings. The molecule has 23 heavy (non-hydrogen) atoms.